The van der Waals surface area contributed by atoms with Crippen LogP contribution in [-0.2, 0) is 6.42 Å². The quantitative estimate of drug-likeness (QED) is 0.332. The zero-order valence-electron chi connectivity index (χ0n) is 15.8. The third-order valence-electron chi connectivity index (χ3n) is 5.17. The van der Waals surface area contributed by atoms with E-state index in [1.165, 1.54) is 31.4 Å². The molecular formula is C20H22ClFN6O. The van der Waals surface area contributed by atoms with Crippen molar-refractivity contribution in [3.05, 3.63) is 52.7 Å². The van der Waals surface area contributed by atoms with Gasteiger partial charge < -0.3 is 9.88 Å². The van der Waals surface area contributed by atoms with Crippen LogP contribution in [0.5, 0.6) is 0 Å². The lowest BCUT2D eigenvalue weighted by molar-refractivity contribution is 0.230. The molecule has 1 saturated heterocycles. The molecule has 0 amide bonds. The van der Waals surface area contributed by atoms with E-state index in [-0.39, 0.29) is 16.5 Å². The number of piperidine rings is 1. The predicted molar refractivity (Wildman–Crippen MR) is 110 cm³/mol. The van der Waals surface area contributed by atoms with Gasteiger partial charge in [0.05, 0.1) is 16.2 Å². The first-order chi connectivity index (χ1) is 14.0. The van der Waals surface area contributed by atoms with E-state index < -0.39 is 5.82 Å². The number of nitrogens with one attached hydrogen (secondary N) is 2. The van der Waals surface area contributed by atoms with Crippen LogP contribution in [0.4, 0.5) is 10.1 Å². The van der Waals surface area contributed by atoms with Crippen LogP contribution < -0.4 is 5.06 Å². The monoisotopic (exact) mass is 416 g/mol. The minimum absolute atomic E-state index is 0.129. The van der Waals surface area contributed by atoms with E-state index in [1.54, 1.807) is 12.3 Å². The number of benzene rings is 1. The number of amidine groups is 1. The van der Waals surface area contributed by atoms with Crippen molar-refractivity contribution in [2.75, 3.05) is 24.7 Å². The lowest BCUT2D eigenvalue weighted by Crippen LogP contribution is -2.31. The van der Waals surface area contributed by atoms with E-state index >= 15 is 0 Å². The molecule has 1 aromatic carbocycles. The molecule has 9 heteroatoms. The van der Waals surface area contributed by atoms with Gasteiger partial charge >= 0.3 is 0 Å². The number of aromatic amines is 1. The van der Waals surface area contributed by atoms with Gasteiger partial charge in [-0.05, 0) is 50.2 Å². The molecule has 152 valence electrons. The molecule has 0 bridgehead atoms. The Morgan fingerprint density at radius 1 is 1.28 bits per heavy atom. The van der Waals surface area contributed by atoms with Gasteiger partial charge in [-0.2, -0.15) is 0 Å². The van der Waals surface area contributed by atoms with Crippen molar-refractivity contribution in [2.45, 2.75) is 25.7 Å². The Labute approximate surface area is 172 Å². The van der Waals surface area contributed by atoms with Gasteiger partial charge in [0.25, 0.3) is 0 Å². The molecule has 0 atom stereocenters. The number of halogens is 2. The van der Waals surface area contributed by atoms with Crippen LogP contribution in [0, 0.1) is 11.2 Å². The Morgan fingerprint density at radius 2 is 2.07 bits per heavy atom. The summed E-state index contributed by atoms with van der Waals surface area (Å²) < 4.78 is 13.4. The van der Waals surface area contributed by atoms with Crippen molar-refractivity contribution in [3.8, 4) is 0 Å². The van der Waals surface area contributed by atoms with E-state index in [4.69, 9.17) is 17.0 Å². The predicted octanol–water partition coefficient (Wildman–Crippen LogP) is 4.00. The molecule has 1 aliphatic heterocycles. The Balaban J connectivity index is 1.55. The topological polar surface area (TPSA) is 92.1 Å². The molecule has 1 aliphatic rings. The van der Waals surface area contributed by atoms with Crippen molar-refractivity contribution >= 4 is 34.3 Å². The molecule has 3 heterocycles. The summed E-state index contributed by atoms with van der Waals surface area (Å²) in [7, 11) is 0. The lowest BCUT2D eigenvalue weighted by Gasteiger charge is -2.25. The number of rotatable bonds is 5. The first kappa shape index (κ1) is 19.8. The van der Waals surface area contributed by atoms with Crippen LogP contribution >= 0.6 is 11.6 Å². The Kier molecular flexibility index (Phi) is 5.75. The molecule has 0 aliphatic carbocycles. The van der Waals surface area contributed by atoms with Crippen LogP contribution in [0.25, 0.3) is 11.2 Å². The summed E-state index contributed by atoms with van der Waals surface area (Å²) in [5.74, 6) is 0.0208. The zero-order valence-corrected chi connectivity index (χ0v) is 16.6. The first-order valence-corrected chi connectivity index (χ1v) is 9.99. The SMILES string of the molecule is N=C(c1ccnc2nc(CCN3CCCCC3)[nH]c12)N(O)c1ccc(F)c(Cl)c1. The maximum atomic E-state index is 13.4. The smallest absolute Gasteiger partial charge is 0.178 e. The van der Waals surface area contributed by atoms with Gasteiger partial charge in [0.2, 0.25) is 0 Å². The molecule has 2 aromatic heterocycles. The Bertz CT molecular complexity index is 1030. The summed E-state index contributed by atoms with van der Waals surface area (Å²) in [6.07, 6.45) is 6.09. The van der Waals surface area contributed by atoms with Crippen LogP contribution in [0.15, 0.2) is 30.5 Å². The number of likely N-dealkylation sites (tertiary alicyclic amines) is 1. The Hall–Kier alpha value is -2.55. The number of hydroxylamine groups is 1. The van der Waals surface area contributed by atoms with Gasteiger partial charge in [-0.25, -0.2) is 19.4 Å². The molecule has 0 unspecified atom stereocenters. The Morgan fingerprint density at radius 3 is 2.83 bits per heavy atom. The number of hydrogen-bond donors (Lipinski definition) is 3. The highest BCUT2D eigenvalue weighted by molar-refractivity contribution is 6.31. The summed E-state index contributed by atoms with van der Waals surface area (Å²) in [6, 6.07) is 5.39. The second-order valence-corrected chi connectivity index (χ2v) is 7.56. The average molecular weight is 417 g/mol. The summed E-state index contributed by atoms with van der Waals surface area (Å²) in [5.41, 5.74) is 1.70. The van der Waals surface area contributed by atoms with Gasteiger partial charge in [0, 0.05) is 24.7 Å². The molecule has 0 saturated carbocycles. The number of hydrogen-bond acceptors (Lipinski definition) is 5. The number of H-pyrrole nitrogens is 1. The summed E-state index contributed by atoms with van der Waals surface area (Å²) in [6.45, 7) is 3.16. The second kappa shape index (κ2) is 8.44. The molecule has 1 fully saturated rings. The molecule has 29 heavy (non-hydrogen) atoms. The standard InChI is InChI=1S/C20H22ClFN6O/c21-15-12-13(4-5-16(15)22)28(29)19(23)14-6-8-24-20-18(14)25-17(26-20)7-11-27-9-2-1-3-10-27/h4-6,8,12,23,29H,1-3,7,9-11H2,(H,24,25,26). The highest BCUT2D eigenvalue weighted by Gasteiger charge is 2.19. The highest BCUT2D eigenvalue weighted by atomic mass is 35.5. The van der Waals surface area contributed by atoms with E-state index in [1.807, 2.05) is 0 Å². The van der Waals surface area contributed by atoms with E-state index in [0.29, 0.717) is 21.8 Å². The maximum absolute atomic E-state index is 13.4. The molecule has 7 nitrogen and oxygen atoms in total. The van der Waals surface area contributed by atoms with Crippen LogP contribution in [0.1, 0.15) is 30.7 Å². The van der Waals surface area contributed by atoms with E-state index in [2.05, 4.69) is 19.9 Å². The largest absolute Gasteiger partial charge is 0.340 e. The molecule has 3 aromatic rings. The van der Waals surface area contributed by atoms with E-state index in [0.717, 1.165) is 37.9 Å². The van der Waals surface area contributed by atoms with E-state index in [9.17, 15) is 9.60 Å². The number of aromatic nitrogens is 3. The number of nitrogens with zero attached hydrogens (tertiary/aromatic N) is 4. The molecule has 0 spiro atoms. The molecule has 4 rings (SSSR count). The van der Waals surface area contributed by atoms with Crippen LogP contribution in [0.2, 0.25) is 5.02 Å². The normalized spacial score (nSPS) is 15.0. The van der Waals surface area contributed by atoms with Gasteiger partial charge in [-0.3, -0.25) is 10.6 Å². The molecular weight excluding hydrogens is 395 g/mol. The van der Waals surface area contributed by atoms with Gasteiger partial charge in [-0.1, -0.05) is 18.0 Å². The minimum atomic E-state index is -0.589. The summed E-state index contributed by atoms with van der Waals surface area (Å²) >= 11 is 5.79. The summed E-state index contributed by atoms with van der Waals surface area (Å²) in [5, 5.41) is 19.4. The first-order valence-electron chi connectivity index (χ1n) is 9.62. The fraction of sp³-hybridized carbons (Fsp3) is 0.350. The molecule has 3 N–H and O–H groups in total. The average Bonchev–Trinajstić information content (AvgIpc) is 3.17. The van der Waals surface area contributed by atoms with Gasteiger partial charge in [0.15, 0.2) is 11.5 Å². The van der Waals surface area contributed by atoms with Crippen molar-refractivity contribution in [1.29, 1.82) is 5.41 Å². The number of anilines is 1. The zero-order chi connectivity index (χ0) is 20.4. The van der Waals surface area contributed by atoms with Crippen molar-refractivity contribution in [3.63, 3.8) is 0 Å². The van der Waals surface area contributed by atoms with Gasteiger partial charge in [0.1, 0.15) is 11.6 Å². The van der Waals surface area contributed by atoms with Crippen molar-refractivity contribution in [2.24, 2.45) is 0 Å². The third kappa shape index (κ3) is 4.24. The van der Waals surface area contributed by atoms with Crippen molar-refractivity contribution < 1.29 is 9.60 Å². The van der Waals surface area contributed by atoms with Crippen LogP contribution in [0.3, 0.4) is 0 Å². The maximum Gasteiger partial charge on any atom is 0.178 e. The van der Waals surface area contributed by atoms with Crippen molar-refractivity contribution in [1.82, 2.24) is 19.9 Å². The minimum Gasteiger partial charge on any atom is -0.340 e. The summed E-state index contributed by atoms with van der Waals surface area (Å²) in [4.78, 5) is 14.5. The lowest BCUT2D eigenvalue weighted by atomic mass is 10.1. The number of fused-ring (bicyclic) bond motifs is 1. The fourth-order valence-electron chi connectivity index (χ4n) is 3.58. The fourth-order valence-corrected chi connectivity index (χ4v) is 3.76. The van der Waals surface area contributed by atoms with Crippen LogP contribution in [-0.4, -0.2) is 50.5 Å². The number of imidazole rings is 1. The number of pyridine rings is 1. The highest BCUT2D eigenvalue weighted by Crippen LogP contribution is 2.24. The third-order valence-corrected chi connectivity index (χ3v) is 5.46. The second-order valence-electron chi connectivity index (χ2n) is 7.15. The molecule has 0 radical (unpaired) electrons. The van der Waals surface area contributed by atoms with Gasteiger partial charge in [-0.15, -0.1) is 0 Å².